The second-order valence-corrected chi connectivity index (χ2v) is 6.02. The third kappa shape index (κ3) is 3.88. The second-order valence-electron chi connectivity index (χ2n) is 6.02. The molecule has 0 aliphatic heterocycles. The smallest absolute Gasteiger partial charge is 0.308 e. The summed E-state index contributed by atoms with van der Waals surface area (Å²) in [5, 5.41) is 14.1. The highest BCUT2D eigenvalue weighted by atomic mass is 16.2. The van der Waals surface area contributed by atoms with E-state index in [4.69, 9.17) is 0 Å². The fraction of sp³-hybridized carbons (Fsp3) is 0. The lowest BCUT2D eigenvalue weighted by molar-refractivity contribution is 0.262. The molecule has 27 heavy (non-hydrogen) atoms. The predicted molar refractivity (Wildman–Crippen MR) is 111 cm³/mol. The molecule has 3 N–H and O–H groups in total. The molecule has 3 aromatic carbocycles. The molecule has 4 aromatic rings. The molecule has 0 bridgehead atoms. The lowest BCUT2D eigenvalue weighted by Gasteiger charge is -2.10. The maximum atomic E-state index is 12.3. The van der Waals surface area contributed by atoms with Crippen LogP contribution in [0.2, 0.25) is 0 Å². The van der Waals surface area contributed by atoms with Crippen molar-refractivity contribution in [2.75, 3.05) is 10.6 Å². The molecule has 0 fully saturated rings. The van der Waals surface area contributed by atoms with Crippen molar-refractivity contribution in [1.82, 2.24) is 10.2 Å². The molecule has 2 amide bonds. The minimum atomic E-state index is -0.285. The average molecular weight is 354 g/mol. The van der Waals surface area contributed by atoms with Crippen molar-refractivity contribution in [3.63, 3.8) is 0 Å². The van der Waals surface area contributed by atoms with E-state index in [1.165, 1.54) is 0 Å². The lowest BCUT2D eigenvalue weighted by Crippen LogP contribution is -2.19. The Morgan fingerprint density at radius 2 is 1.56 bits per heavy atom. The lowest BCUT2D eigenvalue weighted by atomic mass is 10.1. The van der Waals surface area contributed by atoms with E-state index in [0.717, 1.165) is 33.5 Å². The summed E-state index contributed by atoms with van der Waals surface area (Å²) >= 11 is 0. The van der Waals surface area contributed by atoms with Gasteiger partial charge < -0.3 is 10.6 Å². The number of fused-ring (bicyclic) bond motifs is 1. The number of amides is 2. The van der Waals surface area contributed by atoms with Gasteiger partial charge in [0.25, 0.3) is 0 Å². The summed E-state index contributed by atoms with van der Waals surface area (Å²) in [5.74, 6) is 0. The zero-order chi connectivity index (χ0) is 18.5. The van der Waals surface area contributed by atoms with E-state index in [1.54, 1.807) is 0 Å². The van der Waals surface area contributed by atoms with Gasteiger partial charge in [-0.05, 0) is 35.9 Å². The molecule has 4 rings (SSSR count). The number of carbonyl (C=O) groups excluding carboxylic acids is 1. The molecule has 0 unspecified atom stereocenters. The molecule has 0 saturated heterocycles. The molecule has 0 aliphatic carbocycles. The van der Waals surface area contributed by atoms with Crippen LogP contribution in [0, 0.1) is 0 Å². The third-order valence-electron chi connectivity index (χ3n) is 4.16. The van der Waals surface area contributed by atoms with Gasteiger partial charge in [0.2, 0.25) is 0 Å². The Hall–Kier alpha value is -3.86. The largest absolute Gasteiger partial charge is 0.323 e. The number of aromatic amines is 1. The quantitative estimate of drug-likeness (QED) is 0.461. The van der Waals surface area contributed by atoms with Crippen LogP contribution in [0.1, 0.15) is 11.3 Å². The molecule has 132 valence electrons. The molecular weight excluding hydrogens is 336 g/mol. The number of nitrogens with zero attached hydrogens (tertiary/aromatic N) is 1. The molecule has 5 heteroatoms. The molecule has 1 heterocycles. The van der Waals surface area contributed by atoms with Gasteiger partial charge in [-0.15, -0.1) is 0 Å². The minimum absolute atomic E-state index is 0.285. The van der Waals surface area contributed by atoms with E-state index in [0.29, 0.717) is 0 Å². The molecule has 0 radical (unpaired) electrons. The first-order chi connectivity index (χ1) is 13.3. The number of aromatic nitrogens is 2. The SMILES string of the molecule is O=C(Nc1ccccc1)Nc1ccccc1/C=C/c1n[nH]c2ccccc12. The van der Waals surface area contributed by atoms with Crippen LogP contribution in [0.5, 0.6) is 0 Å². The molecule has 1 aromatic heterocycles. The van der Waals surface area contributed by atoms with Crippen LogP contribution in [0.15, 0.2) is 78.9 Å². The first kappa shape index (κ1) is 16.6. The molecule has 0 saturated carbocycles. The number of nitrogens with one attached hydrogen (secondary N) is 3. The molecule has 0 spiro atoms. The molecule has 0 aliphatic rings. The maximum Gasteiger partial charge on any atom is 0.323 e. The van der Waals surface area contributed by atoms with Crippen molar-refractivity contribution in [3.8, 4) is 0 Å². The first-order valence-corrected chi connectivity index (χ1v) is 8.63. The molecule has 5 nitrogen and oxygen atoms in total. The van der Waals surface area contributed by atoms with Gasteiger partial charge in [0.1, 0.15) is 0 Å². The van der Waals surface area contributed by atoms with E-state index in [2.05, 4.69) is 20.8 Å². The average Bonchev–Trinajstić information content (AvgIpc) is 3.11. The van der Waals surface area contributed by atoms with Gasteiger partial charge in [0, 0.05) is 16.8 Å². The Morgan fingerprint density at radius 1 is 0.815 bits per heavy atom. The highest BCUT2D eigenvalue weighted by Gasteiger charge is 2.06. The summed E-state index contributed by atoms with van der Waals surface area (Å²) in [6.07, 6.45) is 3.88. The predicted octanol–water partition coefficient (Wildman–Crippen LogP) is 5.38. The summed E-state index contributed by atoms with van der Waals surface area (Å²) in [4.78, 5) is 12.3. The second kappa shape index (κ2) is 7.58. The highest BCUT2D eigenvalue weighted by molar-refractivity contribution is 6.01. The van der Waals surface area contributed by atoms with E-state index < -0.39 is 0 Å². The van der Waals surface area contributed by atoms with E-state index in [9.17, 15) is 4.79 Å². The van der Waals surface area contributed by atoms with Crippen LogP contribution in [0.25, 0.3) is 23.1 Å². The Kier molecular flexibility index (Phi) is 4.66. The Balaban J connectivity index is 1.53. The van der Waals surface area contributed by atoms with Crippen molar-refractivity contribution < 1.29 is 4.79 Å². The first-order valence-electron chi connectivity index (χ1n) is 8.63. The number of rotatable bonds is 4. The number of urea groups is 1. The zero-order valence-electron chi connectivity index (χ0n) is 14.5. The number of anilines is 2. The van der Waals surface area contributed by atoms with E-state index >= 15 is 0 Å². The van der Waals surface area contributed by atoms with Crippen molar-refractivity contribution >= 4 is 40.5 Å². The van der Waals surface area contributed by atoms with Gasteiger partial charge >= 0.3 is 6.03 Å². The Morgan fingerprint density at radius 3 is 2.44 bits per heavy atom. The standard InChI is InChI=1S/C22H18N4O/c27-22(23-17-9-2-1-3-10-17)24-19-12-6-4-8-16(19)14-15-21-18-11-5-7-13-20(18)25-26-21/h1-15H,(H,25,26)(H2,23,24,27)/b15-14+. The monoisotopic (exact) mass is 354 g/mol. The van der Waals surface area contributed by atoms with Crippen molar-refractivity contribution in [1.29, 1.82) is 0 Å². The Labute approximate surface area is 156 Å². The van der Waals surface area contributed by atoms with Crippen LogP contribution in [0.4, 0.5) is 16.2 Å². The minimum Gasteiger partial charge on any atom is -0.308 e. The van der Waals surface area contributed by atoms with Gasteiger partial charge in [-0.2, -0.15) is 5.10 Å². The van der Waals surface area contributed by atoms with Gasteiger partial charge in [0.15, 0.2) is 0 Å². The van der Waals surface area contributed by atoms with Crippen LogP contribution in [0.3, 0.4) is 0 Å². The van der Waals surface area contributed by atoms with Crippen LogP contribution in [-0.4, -0.2) is 16.2 Å². The van der Waals surface area contributed by atoms with Crippen molar-refractivity contribution in [2.24, 2.45) is 0 Å². The Bertz CT molecular complexity index is 1100. The fourth-order valence-corrected chi connectivity index (χ4v) is 2.84. The summed E-state index contributed by atoms with van der Waals surface area (Å²) in [5.41, 5.74) is 4.21. The number of para-hydroxylation sites is 3. The van der Waals surface area contributed by atoms with Gasteiger partial charge in [0.05, 0.1) is 11.2 Å². The normalized spacial score (nSPS) is 11.0. The van der Waals surface area contributed by atoms with Crippen LogP contribution >= 0.6 is 0 Å². The number of hydrogen-bond acceptors (Lipinski definition) is 2. The molecular formula is C22H18N4O. The topological polar surface area (TPSA) is 69.8 Å². The van der Waals surface area contributed by atoms with Gasteiger partial charge in [-0.1, -0.05) is 60.7 Å². The third-order valence-corrected chi connectivity index (χ3v) is 4.16. The van der Waals surface area contributed by atoms with E-state index in [1.807, 2.05) is 91.0 Å². The highest BCUT2D eigenvalue weighted by Crippen LogP contribution is 2.21. The number of benzene rings is 3. The van der Waals surface area contributed by atoms with Crippen LogP contribution in [-0.2, 0) is 0 Å². The fourth-order valence-electron chi connectivity index (χ4n) is 2.84. The van der Waals surface area contributed by atoms with E-state index in [-0.39, 0.29) is 6.03 Å². The number of carbonyl (C=O) groups is 1. The maximum absolute atomic E-state index is 12.3. The van der Waals surface area contributed by atoms with Crippen LogP contribution < -0.4 is 10.6 Å². The molecule has 0 atom stereocenters. The van der Waals surface area contributed by atoms with Crippen molar-refractivity contribution in [2.45, 2.75) is 0 Å². The summed E-state index contributed by atoms with van der Waals surface area (Å²) in [7, 11) is 0. The van der Waals surface area contributed by atoms with Gasteiger partial charge in [-0.25, -0.2) is 4.79 Å². The van der Waals surface area contributed by atoms with Crippen molar-refractivity contribution in [3.05, 3.63) is 90.1 Å². The number of H-pyrrole nitrogens is 1. The summed E-state index contributed by atoms with van der Waals surface area (Å²) in [6.45, 7) is 0. The zero-order valence-corrected chi connectivity index (χ0v) is 14.5. The summed E-state index contributed by atoms with van der Waals surface area (Å²) < 4.78 is 0. The number of hydrogen-bond donors (Lipinski definition) is 3. The summed E-state index contributed by atoms with van der Waals surface area (Å²) in [6, 6.07) is 24.7. The van der Waals surface area contributed by atoms with Gasteiger partial charge in [-0.3, -0.25) is 5.10 Å².